The molecule has 0 bridgehead atoms. The van der Waals surface area contributed by atoms with Gasteiger partial charge in [-0.25, -0.2) is 4.79 Å². The van der Waals surface area contributed by atoms with Crippen molar-refractivity contribution in [1.29, 1.82) is 0 Å². The molecule has 3 unspecified atom stereocenters. The van der Waals surface area contributed by atoms with E-state index in [4.69, 9.17) is 5.11 Å². The lowest BCUT2D eigenvalue weighted by molar-refractivity contribution is -0.131. The van der Waals surface area contributed by atoms with E-state index >= 15 is 0 Å². The van der Waals surface area contributed by atoms with Gasteiger partial charge in [-0.2, -0.15) is 0 Å². The van der Waals surface area contributed by atoms with Gasteiger partial charge in [0.2, 0.25) is 0 Å². The first-order valence-corrected chi connectivity index (χ1v) is 10.9. The molecule has 0 aromatic rings. The molecule has 0 aromatic carbocycles. The number of carbonyl (C=O) groups is 1. The normalized spacial score (nSPS) is 32.0. The summed E-state index contributed by atoms with van der Waals surface area (Å²) in [5, 5.41) is 8.91. The summed E-state index contributed by atoms with van der Waals surface area (Å²) in [5.41, 5.74) is 4.94. The molecule has 2 nitrogen and oxygen atoms in total. The minimum absolute atomic E-state index is 0.266. The first-order chi connectivity index (χ1) is 12.6. The zero-order chi connectivity index (χ0) is 19.8. The Balaban J connectivity index is 1.75. The van der Waals surface area contributed by atoms with Gasteiger partial charge in [-0.05, 0) is 85.2 Å². The third kappa shape index (κ3) is 4.41. The molecule has 3 atom stereocenters. The summed E-state index contributed by atoms with van der Waals surface area (Å²) in [7, 11) is 0. The van der Waals surface area contributed by atoms with Gasteiger partial charge in [0, 0.05) is 6.08 Å². The molecule has 150 valence electrons. The highest BCUT2D eigenvalue weighted by Crippen LogP contribution is 2.58. The van der Waals surface area contributed by atoms with Gasteiger partial charge in [0.1, 0.15) is 0 Å². The maximum absolute atomic E-state index is 10.8. The van der Waals surface area contributed by atoms with Crippen LogP contribution in [0, 0.1) is 28.6 Å². The maximum atomic E-state index is 10.8. The average Bonchev–Trinajstić information content (AvgIpc) is 2.52. The molecule has 0 saturated heterocycles. The van der Waals surface area contributed by atoms with Crippen LogP contribution in [0.1, 0.15) is 86.0 Å². The molecular formula is C25H38O2. The Labute approximate surface area is 165 Å². The van der Waals surface area contributed by atoms with Crippen molar-refractivity contribution in [2.45, 2.75) is 86.0 Å². The number of fused-ring (bicyclic) bond motifs is 2. The van der Waals surface area contributed by atoms with Gasteiger partial charge in [0.25, 0.3) is 0 Å². The SMILES string of the molecule is CC(=CC(=O)O)CCCC1CCCC2C=C3CC(C)(C)CC=C3C(C)(C)C21. The molecular weight excluding hydrogens is 332 g/mol. The molecule has 1 fully saturated rings. The van der Waals surface area contributed by atoms with Crippen LogP contribution < -0.4 is 0 Å². The number of allylic oxidation sites excluding steroid dienone is 5. The molecule has 0 heterocycles. The zero-order valence-corrected chi connectivity index (χ0v) is 18.0. The number of hydrogen-bond donors (Lipinski definition) is 1. The topological polar surface area (TPSA) is 37.3 Å². The lowest BCUT2D eigenvalue weighted by Crippen LogP contribution is -2.44. The molecule has 0 aliphatic heterocycles. The zero-order valence-electron chi connectivity index (χ0n) is 18.0. The molecule has 0 amide bonds. The van der Waals surface area contributed by atoms with E-state index in [2.05, 4.69) is 39.8 Å². The molecule has 27 heavy (non-hydrogen) atoms. The Morgan fingerprint density at radius 3 is 2.70 bits per heavy atom. The summed E-state index contributed by atoms with van der Waals surface area (Å²) < 4.78 is 0. The summed E-state index contributed by atoms with van der Waals surface area (Å²) in [6.07, 6.45) is 16.3. The molecule has 1 N–H and O–H groups in total. The lowest BCUT2D eigenvalue weighted by atomic mass is 9.51. The first-order valence-electron chi connectivity index (χ1n) is 10.9. The van der Waals surface area contributed by atoms with Crippen molar-refractivity contribution < 1.29 is 9.90 Å². The molecule has 1 saturated carbocycles. The summed E-state index contributed by atoms with van der Waals surface area (Å²) >= 11 is 0. The summed E-state index contributed by atoms with van der Waals surface area (Å²) in [4.78, 5) is 10.8. The van der Waals surface area contributed by atoms with Crippen molar-refractivity contribution >= 4 is 5.97 Å². The Bertz CT molecular complexity index is 674. The monoisotopic (exact) mass is 370 g/mol. The van der Waals surface area contributed by atoms with E-state index in [1.54, 1.807) is 11.1 Å². The molecule has 0 spiro atoms. The number of rotatable bonds is 5. The van der Waals surface area contributed by atoms with Gasteiger partial charge in [-0.3, -0.25) is 0 Å². The second-order valence-corrected chi connectivity index (χ2v) is 10.7. The minimum atomic E-state index is -0.816. The van der Waals surface area contributed by atoms with Crippen LogP contribution in [-0.2, 0) is 4.79 Å². The highest BCUT2D eigenvalue weighted by Gasteiger charge is 2.48. The highest BCUT2D eigenvalue weighted by atomic mass is 16.4. The second-order valence-electron chi connectivity index (χ2n) is 10.7. The number of carboxylic acid groups (broad SMARTS) is 1. The van der Waals surface area contributed by atoms with Crippen molar-refractivity contribution in [3.8, 4) is 0 Å². The lowest BCUT2D eigenvalue weighted by Gasteiger charge is -2.53. The van der Waals surface area contributed by atoms with Crippen molar-refractivity contribution in [2.75, 3.05) is 0 Å². The third-order valence-corrected chi connectivity index (χ3v) is 7.41. The van der Waals surface area contributed by atoms with Crippen molar-refractivity contribution in [3.63, 3.8) is 0 Å². The van der Waals surface area contributed by atoms with Crippen LogP contribution in [0.25, 0.3) is 0 Å². The van der Waals surface area contributed by atoms with Crippen LogP contribution in [0.5, 0.6) is 0 Å². The highest BCUT2D eigenvalue weighted by molar-refractivity contribution is 5.80. The number of carboxylic acids is 1. The molecule has 3 aliphatic carbocycles. The quantitative estimate of drug-likeness (QED) is 0.533. The smallest absolute Gasteiger partial charge is 0.328 e. The van der Waals surface area contributed by atoms with Gasteiger partial charge >= 0.3 is 5.97 Å². The van der Waals surface area contributed by atoms with Gasteiger partial charge in [0.05, 0.1) is 0 Å². The standard InChI is InChI=1S/C25H38O2/c1-17(14-22(26)27)8-6-9-18-10-7-11-19-15-20-16-24(2,3)13-12-21(20)25(4,5)23(18)19/h12,14-15,18-19,23H,6-11,13,16H2,1-5H3,(H,26,27). The Morgan fingerprint density at radius 1 is 1.26 bits per heavy atom. The summed E-state index contributed by atoms with van der Waals surface area (Å²) in [6.45, 7) is 11.7. The fourth-order valence-corrected chi connectivity index (χ4v) is 6.34. The second kappa shape index (κ2) is 7.60. The van der Waals surface area contributed by atoms with Gasteiger partial charge in [0.15, 0.2) is 0 Å². The van der Waals surface area contributed by atoms with Crippen LogP contribution in [0.15, 0.2) is 34.9 Å². The summed E-state index contributed by atoms with van der Waals surface area (Å²) in [5.74, 6) is 1.43. The van der Waals surface area contributed by atoms with Crippen LogP contribution in [0.2, 0.25) is 0 Å². The third-order valence-electron chi connectivity index (χ3n) is 7.41. The predicted molar refractivity (Wildman–Crippen MR) is 113 cm³/mol. The fourth-order valence-electron chi connectivity index (χ4n) is 6.34. The van der Waals surface area contributed by atoms with Crippen LogP contribution in [0.3, 0.4) is 0 Å². The number of aliphatic carboxylic acids is 1. The van der Waals surface area contributed by atoms with E-state index in [9.17, 15) is 4.79 Å². The van der Waals surface area contributed by atoms with Gasteiger partial charge < -0.3 is 5.11 Å². The van der Waals surface area contributed by atoms with E-state index in [0.717, 1.165) is 36.2 Å². The Kier molecular flexibility index (Phi) is 5.75. The van der Waals surface area contributed by atoms with Crippen molar-refractivity contribution in [1.82, 2.24) is 0 Å². The van der Waals surface area contributed by atoms with Gasteiger partial charge in [-0.15, -0.1) is 0 Å². The Hall–Kier alpha value is -1.31. The molecule has 0 aromatic heterocycles. The average molecular weight is 371 g/mol. The maximum Gasteiger partial charge on any atom is 0.328 e. The van der Waals surface area contributed by atoms with E-state index in [-0.39, 0.29) is 5.41 Å². The van der Waals surface area contributed by atoms with Crippen LogP contribution in [0.4, 0.5) is 0 Å². The summed E-state index contributed by atoms with van der Waals surface area (Å²) in [6, 6.07) is 0. The first kappa shape index (κ1) is 20.4. The van der Waals surface area contributed by atoms with E-state index < -0.39 is 5.97 Å². The largest absolute Gasteiger partial charge is 0.478 e. The van der Waals surface area contributed by atoms with E-state index in [1.807, 2.05) is 6.92 Å². The molecule has 3 aliphatic rings. The molecule has 3 rings (SSSR count). The minimum Gasteiger partial charge on any atom is -0.478 e. The van der Waals surface area contributed by atoms with Crippen molar-refractivity contribution in [3.05, 3.63) is 34.9 Å². The van der Waals surface area contributed by atoms with Crippen LogP contribution in [-0.4, -0.2) is 11.1 Å². The molecule has 0 radical (unpaired) electrons. The molecule has 2 heteroatoms. The van der Waals surface area contributed by atoms with E-state index in [1.165, 1.54) is 44.6 Å². The van der Waals surface area contributed by atoms with Crippen molar-refractivity contribution in [2.24, 2.45) is 28.6 Å². The van der Waals surface area contributed by atoms with E-state index in [0.29, 0.717) is 5.41 Å². The van der Waals surface area contributed by atoms with Crippen LogP contribution >= 0.6 is 0 Å². The predicted octanol–water partition coefficient (Wildman–Crippen LogP) is 6.93. The fraction of sp³-hybridized carbons (Fsp3) is 0.720. The number of hydrogen-bond acceptors (Lipinski definition) is 1. The van der Waals surface area contributed by atoms with Gasteiger partial charge in [-0.1, -0.05) is 58.3 Å². The Morgan fingerprint density at radius 2 is 2.00 bits per heavy atom.